The Morgan fingerprint density at radius 3 is 1.92 bits per heavy atom. The molecule has 0 aliphatic carbocycles. The molecule has 4 heteroatoms. The van der Waals surface area contributed by atoms with E-state index in [1.807, 2.05) is 42.5 Å². The van der Waals surface area contributed by atoms with E-state index in [2.05, 4.69) is 17.9 Å². The zero-order valence-electron chi connectivity index (χ0n) is 15.7. The van der Waals surface area contributed by atoms with Crippen LogP contribution in [0.4, 0.5) is 0 Å². The predicted molar refractivity (Wildman–Crippen MR) is 108 cm³/mol. The summed E-state index contributed by atoms with van der Waals surface area (Å²) in [5.74, 6) is -0.953. The molecule has 1 atom stereocenters. The Morgan fingerprint density at radius 2 is 1.38 bits per heavy atom. The summed E-state index contributed by atoms with van der Waals surface area (Å²) in [6.45, 7) is 2.17. The number of rotatable bonds is 15. The van der Waals surface area contributed by atoms with E-state index < -0.39 is 5.97 Å². The molecule has 1 unspecified atom stereocenters. The Labute approximate surface area is 157 Å². The van der Waals surface area contributed by atoms with Crippen LogP contribution in [0.15, 0.2) is 72.9 Å². The van der Waals surface area contributed by atoms with Gasteiger partial charge in [0, 0.05) is 6.08 Å². The van der Waals surface area contributed by atoms with E-state index in [0.29, 0.717) is 0 Å². The van der Waals surface area contributed by atoms with Crippen LogP contribution in [0, 0.1) is 0 Å². The van der Waals surface area contributed by atoms with Crippen molar-refractivity contribution in [2.75, 3.05) is 0 Å². The molecule has 0 aliphatic heterocycles. The average Bonchev–Trinajstić information content (AvgIpc) is 2.63. The highest BCUT2D eigenvalue weighted by Gasteiger charge is 2.07. The molecule has 0 saturated carbocycles. The molecule has 0 aromatic carbocycles. The molecule has 0 rings (SSSR count). The van der Waals surface area contributed by atoms with Crippen LogP contribution in [0.5, 0.6) is 0 Å². The summed E-state index contributed by atoms with van der Waals surface area (Å²) in [5.41, 5.74) is 0. The Kier molecular flexibility index (Phi) is 17.6. The number of aliphatic carboxylic acids is 1. The van der Waals surface area contributed by atoms with Gasteiger partial charge in [0.1, 0.15) is 0 Å². The summed E-state index contributed by atoms with van der Waals surface area (Å²) in [6, 6.07) is 0. The van der Waals surface area contributed by atoms with E-state index in [-0.39, 0.29) is 6.10 Å². The van der Waals surface area contributed by atoms with Gasteiger partial charge in [-0.2, -0.15) is 0 Å². The maximum Gasteiger partial charge on any atom is 0.328 e. The summed E-state index contributed by atoms with van der Waals surface area (Å²) in [4.78, 5) is 14.8. The van der Waals surface area contributed by atoms with Gasteiger partial charge in [-0.1, -0.05) is 93.0 Å². The molecule has 0 aromatic heterocycles. The normalized spacial score (nSPS) is 14.2. The average molecular weight is 360 g/mol. The summed E-state index contributed by atoms with van der Waals surface area (Å²) < 4.78 is 0. The Bertz CT molecular complexity index is 510. The minimum atomic E-state index is -0.953. The van der Waals surface area contributed by atoms with Crippen LogP contribution in [0.1, 0.15) is 51.9 Å². The third-order valence-electron chi connectivity index (χ3n) is 3.55. The van der Waals surface area contributed by atoms with Crippen LogP contribution in [-0.2, 0) is 9.68 Å². The molecule has 2 N–H and O–H groups in total. The Balaban J connectivity index is 3.79. The maximum absolute atomic E-state index is 10.2. The molecular formula is C22H32O4. The van der Waals surface area contributed by atoms with Crippen molar-refractivity contribution >= 4 is 5.97 Å². The number of unbranched alkanes of at least 4 members (excludes halogenated alkanes) is 3. The van der Waals surface area contributed by atoms with Crippen LogP contribution >= 0.6 is 0 Å². The van der Waals surface area contributed by atoms with Gasteiger partial charge in [0.2, 0.25) is 0 Å². The van der Waals surface area contributed by atoms with E-state index in [0.717, 1.165) is 38.2 Å². The molecule has 0 fully saturated rings. The number of hydrogen-bond acceptors (Lipinski definition) is 3. The van der Waals surface area contributed by atoms with Crippen molar-refractivity contribution < 1.29 is 20.0 Å². The van der Waals surface area contributed by atoms with Crippen molar-refractivity contribution in [3.05, 3.63) is 72.9 Å². The van der Waals surface area contributed by atoms with Crippen molar-refractivity contribution in [1.82, 2.24) is 0 Å². The minimum absolute atomic E-state index is 0.0334. The molecule has 0 amide bonds. The summed E-state index contributed by atoms with van der Waals surface area (Å²) in [7, 11) is 0. The fraction of sp³-hybridized carbons (Fsp3) is 0.409. The van der Waals surface area contributed by atoms with E-state index >= 15 is 0 Å². The zero-order valence-corrected chi connectivity index (χ0v) is 15.7. The van der Waals surface area contributed by atoms with E-state index in [4.69, 9.17) is 10.4 Å². The lowest BCUT2D eigenvalue weighted by Gasteiger charge is -2.11. The first-order chi connectivity index (χ1) is 12.7. The number of carbonyl (C=O) groups is 1. The van der Waals surface area contributed by atoms with Gasteiger partial charge in [-0.25, -0.2) is 9.68 Å². The smallest absolute Gasteiger partial charge is 0.328 e. The Hall–Kier alpha value is -2.17. The highest BCUT2D eigenvalue weighted by molar-refractivity contribution is 5.80. The van der Waals surface area contributed by atoms with Gasteiger partial charge >= 0.3 is 5.97 Å². The van der Waals surface area contributed by atoms with Gasteiger partial charge in [-0.05, 0) is 25.7 Å². The largest absolute Gasteiger partial charge is 0.478 e. The fourth-order valence-corrected chi connectivity index (χ4v) is 2.16. The summed E-state index contributed by atoms with van der Waals surface area (Å²) >= 11 is 0. The number of carboxylic acid groups (broad SMARTS) is 1. The predicted octanol–water partition coefficient (Wildman–Crippen LogP) is 6.02. The lowest BCUT2D eigenvalue weighted by atomic mass is 10.1. The third kappa shape index (κ3) is 18.2. The monoisotopic (exact) mass is 360 g/mol. The lowest BCUT2D eigenvalue weighted by Crippen LogP contribution is -2.10. The molecule has 26 heavy (non-hydrogen) atoms. The second-order valence-electron chi connectivity index (χ2n) is 5.82. The summed E-state index contributed by atoms with van der Waals surface area (Å²) in [5, 5.41) is 17.3. The van der Waals surface area contributed by atoms with E-state index in [1.54, 1.807) is 12.2 Å². The number of carboxylic acids is 1. The van der Waals surface area contributed by atoms with E-state index in [9.17, 15) is 4.79 Å². The quantitative estimate of drug-likeness (QED) is 0.123. The molecule has 0 aromatic rings. The SMILES string of the molecule is CCCCCC(CCCC=CC=CC=CC=CC=CC=CC(=O)O)OO. The first-order valence-electron chi connectivity index (χ1n) is 9.23. The van der Waals surface area contributed by atoms with Crippen molar-refractivity contribution in [3.63, 3.8) is 0 Å². The molecule has 0 radical (unpaired) electrons. The minimum Gasteiger partial charge on any atom is -0.478 e. The van der Waals surface area contributed by atoms with Crippen molar-refractivity contribution in [2.24, 2.45) is 0 Å². The molecule has 0 aliphatic rings. The molecular weight excluding hydrogens is 328 g/mol. The number of hydrogen-bond donors (Lipinski definition) is 2. The van der Waals surface area contributed by atoms with Gasteiger partial charge in [-0.15, -0.1) is 0 Å². The fourth-order valence-electron chi connectivity index (χ4n) is 2.16. The molecule has 4 nitrogen and oxygen atoms in total. The topological polar surface area (TPSA) is 66.8 Å². The van der Waals surface area contributed by atoms with Gasteiger partial charge < -0.3 is 5.11 Å². The molecule has 0 bridgehead atoms. The Morgan fingerprint density at radius 1 is 0.846 bits per heavy atom. The van der Waals surface area contributed by atoms with Crippen LogP contribution in [-0.4, -0.2) is 22.4 Å². The van der Waals surface area contributed by atoms with Gasteiger partial charge in [0.15, 0.2) is 0 Å². The lowest BCUT2D eigenvalue weighted by molar-refractivity contribution is -0.281. The van der Waals surface area contributed by atoms with Crippen LogP contribution in [0.3, 0.4) is 0 Å². The van der Waals surface area contributed by atoms with E-state index in [1.165, 1.54) is 18.9 Å². The second-order valence-corrected chi connectivity index (χ2v) is 5.82. The van der Waals surface area contributed by atoms with Crippen LogP contribution in [0.25, 0.3) is 0 Å². The molecule has 0 heterocycles. The molecule has 0 saturated heterocycles. The van der Waals surface area contributed by atoms with Gasteiger partial charge in [-0.3, -0.25) is 5.26 Å². The maximum atomic E-state index is 10.2. The standard InChI is InChI=1S/C22H32O4/c1-2-3-15-18-21(26-25)19-16-13-11-9-7-5-4-6-8-10-12-14-17-20-22(23)24/h4-12,14,17,20-21,25H,2-3,13,15-16,18-19H2,1H3,(H,23,24). The third-order valence-corrected chi connectivity index (χ3v) is 3.55. The van der Waals surface area contributed by atoms with Crippen molar-refractivity contribution in [3.8, 4) is 0 Å². The molecule has 144 valence electrons. The van der Waals surface area contributed by atoms with Crippen molar-refractivity contribution in [2.45, 2.75) is 58.0 Å². The summed E-state index contributed by atoms with van der Waals surface area (Å²) in [6.07, 6.45) is 28.7. The van der Waals surface area contributed by atoms with Gasteiger partial charge in [0.25, 0.3) is 0 Å². The van der Waals surface area contributed by atoms with Crippen LogP contribution in [0.2, 0.25) is 0 Å². The van der Waals surface area contributed by atoms with Gasteiger partial charge in [0.05, 0.1) is 6.10 Å². The second kappa shape index (κ2) is 19.2. The van der Waals surface area contributed by atoms with Crippen LogP contribution < -0.4 is 0 Å². The highest BCUT2D eigenvalue weighted by Crippen LogP contribution is 2.12. The first-order valence-corrected chi connectivity index (χ1v) is 9.23. The van der Waals surface area contributed by atoms with Crippen molar-refractivity contribution in [1.29, 1.82) is 0 Å². The molecule has 0 spiro atoms. The zero-order chi connectivity index (χ0) is 19.3. The number of allylic oxidation sites excluding steroid dienone is 11. The highest BCUT2D eigenvalue weighted by atomic mass is 17.1. The first kappa shape index (κ1) is 23.8.